The lowest BCUT2D eigenvalue weighted by molar-refractivity contribution is -0.120. The van der Waals surface area contributed by atoms with Crippen LogP contribution in [0.2, 0.25) is 0 Å². The number of hydrogen-bond acceptors (Lipinski definition) is 4. The van der Waals surface area contributed by atoms with Gasteiger partial charge in [-0.1, -0.05) is 42.0 Å². The number of carbonyl (C=O) groups is 1. The molecule has 3 aromatic rings. The summed E-state index contributed by atoms with van der Waals surface area (Å²) in [5.41, 5.74) is 5.36. The van der Waals surface area contributed by atoms with Crippen LogP contribution >= 0.6 is 0 Å². The van der Waals surface area contributed by atoms with Gasteiger partial charge in [0.15, 0.2) is 0 Å². The van der Waals surface area contributed by atoms with Gasteiger partial charge in [-0.3, -0.25) is 9.10 Å². The maximum atomic E-state index is 13.7. The van der Waals surface area contributed by atoms with E-state index in [2.05, 4.69) is 22.3 Å². The van der Waals surface area contributed by atoms with Gasteiger partial charge in [0.25, 0.3) is 10.0 Å². The number of benzene rings is 3. The van der Waals surface area contributed by atoms with E-state index in [0.717, 1.165) is 35.3 Å². The van der Waals surface area contributed by atoms with E-state index in [-0.39, 0.29) is 23.4 Å². The maximum absolute atomic E-state index is 13.7. The summed E-state index contributed by atoms with van der Waals surface area (Å²) in [4.78, 5) is 15.7. The van der Waals surface area contributed by atoms with E-state index in [1.54, 1.807) is 24.3 Å². The van der Waals surface area contributed by atoms with Crippen molar-refractivity contribution in [2.45, 2.75) is 51.5 Å². The summed E-state index contributed by atoms with van der Waals surface area (Å²) in [6.45, 7) is 9.44. The van der Waals surface area contributed by atoms with Crippen LogP contribution < -0.4 is 14.5 Å². The van der Waals surface area contributed by atoms with Crippen LogP contribution in [0, 0.1) is 20.8 Å². The number of anilines is 2. The predicted molar refractivity (Wildman–Crippen MR) is 146 cm³/mol. The Morgan fingerprint density at radius 2 is 1.53 bits per heavy atom. The van der Waals surface area contributed by atoms with Gasteiger partial charge in [-0.15, -0.1) is 0 Å². The Hall–Kier alpha value is -3.32. The van der Waals surface area contributed by atoms with Gasteiger partial charge in [-0.2, -0.15) is 0 Å². The fraction of sp³-hybridized carbons (Fsp3) is 0.345. The molecule has 1 unspecified atom stereocenters. The molecule has 1 saturated heterocycles. The van der Waals surface area contributed by atoms with Crippen molar-refractivity contribution >= 4 is 27.3 Å². The van der Waals surface area contributed by atoms with Crippen LogP contribution in [0.5, 0.6) is 0 Å². The molecule has 1 atom stereocenters. The van der Waals surface area contributed by atoms with Crippen LogP contribution in [0.3, 0.4) is 0 Å². The number of hydrogen-bond donors (Lipinski definition) is 1. The van der Waals surface area contributed by atoms with Crippen molar-refractivity contribution in [2.24, 2.45) is 0 Å². The molecule has 1 fully saturated rings. The first-order chi connectivity index (χ1) is 17.1. The molecular formula is C29H35N3O3S. The van der Waals surface area contributed by atoms with E-state index in [9.17, 15) is 13.2 Å². The number of nitrogens with one attached hydrogen (secondary N) is 1. The van der Waals surface area contributed by atoms with Gasteiger partial charge >= 0.3 is 0 Å². The summed E-state index contributed by atoms with van der Waals surface area (Å²) in [7, 11) is -3.95. The molecule has 1 aliphatic heterocycles. The average Bonchev–Trinajstić information content (AvgIpc) is 3.39. The van der Waals surface area contributed by atoms with Crippen molar-refractivity contribution in [1.29, 1.82) is 0 Å². The summed E-state index contributed by atoms with van der Waals surface area (Å²) in [5, 5.41) is 2.99. The molecule has 0 aliphatic carbocycles. The summed E-state index contributed by atoms with van der Waals surface area (Å²) in [6.07, 6.45) is 2.44. The third kappa shape index (κ3) is 5.73. The normalized spacial score (nSPS) is 14.5. The van der Waals surface area contributed by atoms with Gasteiger partial charge in [0.2, 0.25) is 5.91 Å². The largest absolute Gasteiger partial charge is 0.372 e. The highest BCUT2D eigenvalue weighted by atomic mass is 32.2. The van der Waals surface area contributed by atoms with E-state index in [4.69, 9.17) is 0 Å². The lowest BCUT2D eigenvalue weighted by Gasteiger charge is -2.27. The van der Waals surface area contributed by atoms with Crippen LogP contribution in [0.15, 0.2) is 71.6 Å². The van der Waals surface area contributed by atoms with E-state index in [1.807, 2.05) is 58.0 Å². The highest BCUT2D eigenvalue weighted by Gasteiger charge is 2.29. The van der Waals surface area contributed by atoms with Crippen LogP contribution in [0.1, 0.15) is 48.1 Å². The third-order valence-electron chi connectivity index (χ3n) is 6.77. The highest BCUT2D eigenvalue weighted by Crippen LogP contribution is 2.28. The van der Waals surface area contributed by atoms with Crippen molar-refractivity contribution in [1.82, 2.24) is 5.32 Å². The topological polar surface area (TPSA) is 69.7 Å². The first kappa shape index (κ1) is 25.8. The standard InChI is InChI=1S/C29H35N3O3S/c1-21-8-15-27(16-9-21)36(34,35)32(28-19-22(2)7-10-23(28)3)20-29(33)30-24(4)25-11-13-26(14-12-25)31-17-5-6-18-31/h7-16,19,24H,5-6,17-18,20H2,1-4H3,(H,30,33). The molecule has 0 spiro atoms. The van der Waals surface area contributed by atoms with Gasteiger partial charge in [-0.05, 0) is 87.6 Å². The van der Waals surface area contributed by atoms with Crippen molar-refractivity contribution in [3.63, 3.8) is 0 Å². The number of sulfonamides is 1. The molecule has 3 aromatic carbocycles. The zero-order valence-corrected chi connectivity index (χ0v) is 22.3. The number of aryl methyl sites for hydroxylation is 3. The molecule has 0 radical (unpaired) electrons. The third-order valence-corrected chi connectivity index (χ3v) is 8.55. The van der Waals surface area contributed by atoms with Crippen molar-refractivity contribution in [2.75, 3.05) is 28.8 Å². The molecule has 1 heterocycles. The number of rotatable bonds is 8. The molecule has 6 nitrogen and oxygen atoms in total. The molecule has 0 bridgehead atoms. The van der Waals surface area contributed by atoms with Crippen LogP contribution in [-0.2, 0) is 14.8 Å². The van der Waals surface area contributed by atoms with Gasteiger partial charge in [-0.25, -0.2) is 8.42 Å². The SMILES string of the molecule is Cc1ccc(S(=O)(=O)N(CC(=O)NC(C)c2ccc(N3CCCC3)cc2)c2cc(C)ccc2C)cc1. The second kappa shape index (κ2) is 10.7. The molecule has 4 rings (SSSR count). The summed E-state index contributed by atoms with van der Waals surface area (Å²) in [6, 6.07) is 20.3. The van der Waals surface area contributed by atoms with Gasteiger partial charge < -0.3 is 10.2 Å². The number of nitrogens with zero attached hydrogens (tertiary/aromatic N) is 2. The fourth-order valence-corrected chi connectivity index (χ4v) is 6.05. The lowest BCUT2D eigenvalue weighted by atomic mass is 10.1. The number of amides is 1. The Morgan fingerprint density at radius 1 is 0.917 bits per heavy atom. The van der Waals surface area contributed by atoms with E-state index in [1.165, 1.54) is 22.8 Å². The quantitative estimate of drug-likeness (QED) is 0.452. The van der Waals surface area contributed by atoms with Gasteiger partial charge in [0.05, 0.1) is 16.6 Å². The van der Waals surface area contributed by atoms with Crippen LogP contribution in [-0.4, -0.2) is 34.0 Å². The molecular weight excluding hydrogens is 470 g/mol. The van der Waals surface area contributed by atoms with Crippen molar-refractivity contribution in [3.8, 4) is 0 Å². The van der Waals surface area contributed by atoms with Crippen LogP contribution in [0.25, 0.3) is 0 Å². The summed E-state index contributed by atoms with van der Waals surface area (Å²) in [5.74, 6) is -0.359. The van der Waals surface area contributed by atoms with E-state index >= 15 is 0 Å². The molecule has 1 amide bonds. The second-order valence-corrected chi connectivity index (χ2v) is 11.6. The minimum absolute atomic E-state index is 0.160. The maximum Gasteiger partial charge on any atom is 0.264 e. The monoisotopic (exact) mass is 505 g/mol. The van der Waals surface area contributed by atoms with E-state index < -0.39 is 10.0 Å². The second-order valence-electron chi connectivity index (χ2n) is 9.69. The molecule has 1 N–H and O–H groups in total. The highest BCUT2D eigenvalue weighted by molar-refractivity contribution is 7.92. The summed E-state index contributed by atoms with van der Waals surface area (Å²) >= 11 is 0. The zero-order valence-electron chi connectivity index (χ0n) is 21.5. The molecule has 7 heteroatoms. The summed E-state index contributed by atoms with van der Waals surface area (Å²) < 4.78 is 28.6. The number of carbonyl (C=O) groups excluding carboxylic acids is 1. The lowest BCUT2D eigenvalue weighted by Crippen LogP contribution is -2.42. The molecule has 1 aliphatic rings. The van der Waals surface area contributed by atoms with Gasteiger partial charge in [0, 0.05) is 18.8 Å². The van der Waals surface area contributed by atoms with Crippen molar-refractivity contribution < 1.29 is 13.2 Å². The van der Waals surface area contributed by atoms with Gasteiger partial charge in [0.1, 0.15) is 6.54 Å². The Kier molecular flexibility index (Phi) is 7.69. The average molecular weight is 506 g/mol. The minimum atomic E-state index is -3.95. The zero-order chi connectivity index (χ0) is 25.9. The van der Waals surface area contributed by atoms with E-state index in [0.29, 0.717) is 5.69 Å². The predicted octanol–water partition coefficient (Wildman–Crippen LogP) is 5.28. The Bertz CT molecular complexity index is 1310. The fourth-order valence-electron chi connectivity index (χ4n) is 4.58. The Labute approximate surface area is 215 Å². The molecule has 190 valence electrons. The van der Waals surface area contributed by atoms with Crippen molar-refractivity contribution in [3.05, 3.63) is 89.0 Å². The molecule has 36 heavy (non-hydrogen) atoms. The Balaban J connectivity index is 1.56. The first-order valence-electron chi connectivity index (χ1n) is 12.5. The first-order valence-corrected chi connectivity index (χ1v) is 13.9. The molecule has 0 saturated carbocycles. The minimum Gasteiger partial charge on any atom is -0.372 e. The molecule has 0 aromatic heterocycles. The van der Waals surface area contributed by atoms with Crippen LogP contribution in [0.4, 0.5) is 11.4 Å². The smallest absolute Gasteiger partial charge is 0.264 e. The Morgan fingerprint density at radius 3 is 2.17 bits per heavy atom.